The highest BCUT2D eigenvalue weighted by atomic mass is 35.5. The SMILES string of the molecule is NNc1ccc(C(=O)Nc2cc(F)cc(Cl)c2)cn1. The fourth-order valence-electron chi connectivity index (χ4n) is 1.44. The molecule has 0 spiro atoms. The van der Waals surface area contributed by atoms with Crippen molar-refractivity contribution in [2.75, 3.05) is 10.7 Å². The van der Waals surface area contributed by atoms with Gasteiger partial charge in [-0.05, 0) is 30.3 Å². The Balaban J connectivity index is 2.15. The Kier molecular flexibility index (Phi) is 3.94. The fourth-order valence-corrected chi connectivity index (χ4v) is 1.66. The molecule has 0 aliphatic heterocycles. The topological polar surface area (TPSA) is 80.0 Å². The molecule has 0 radical (unpaired) electrons. The average Bonchev–Trinajstić information content (AvgIpc) is 2.37. The summed E-state index contributed by atoms with van der Waals surface area (Å²) in [6.45, 7) is 0. The lowest BCUT2D eigenvalue weighted by Gasteiger charge is -2.06. The molecule has 19 heavy (non-hydrogen) atoms. The molecule has 0 unspecified atom stereocenters. The summed E-state index contributed by atoms with van der Waals surface area (Å²) in [7, 11) is 0. The third-order valence-electron chi connectivity index (χ3n) is 2.29. The summed E-state index contributed by atoms with van der Waals surface area (Å²) in [4.78, 5) is 15.8. The van der Waals surface area contributed by atoms with Gasteiger partial charge >= 0.3 is 0 Å². The first-order valence-corrected chi connectivity index (χ1v) is 5.66. The second kappa shape index (κ2) is 5.64. The summed E-state index contributed by atoms with van der Waals surface area (Å²) in [6.07, 6.45) is 1.35. The maximum Gasteiger partial charge on any atom is 0.257 e. The smallest absolute Gasteiger partial charge is 0.257 e. The molecule has 0 saturated heterocycles. The minimum absolute atomic E-state index is 0.205. The summed E-state index contributed by atoms with van der Waals surface area (Å²) >= 11 is 5.69. The number of nitrogens with two attached hydrogens (primary N) is 1. The van der Waals surface area contributed by atoms with Crippen molar-refractivity contribution in [2.24, 2.45) is 5.84 Å². The van der Waals surface area contributed by atoms with Gasteiger partial charge < -0.3 is 10.7 Å². The average molecular weight is 281 g/mol. The van der Waals surface area contributed by atoms with Crippen LogP contribution in [0.25, 0.3) is 0 Å². The van der Waals surface area contributed by atoms with Gasteiger partial charge in [-0.2, -0.15) is 0 Å². The second-order valence-electron chi connectivity index (χ2n) is 3.69. The van der Waals surface area contributed by atoms with Crippen LogP contribution in [0, 0.1) is 5.82 Å². The van der Waals surface area contributed by atoms with Gasteiger partial charge in [0.2, 0.25) is 0 Å². The van der Waals surface area contributed by atoms with Crippen LogP contribution in [0.4, 0.5) is 15.9 Å². The van der Waals surface area contributed by atoms with E-state index in [4.69, 9.17) is 17.4 Å². The first-order valence-electron chi connectivity index (χ1n) is 5.28. The van der Waals surface area contributed by atoms with Crippen LogP contribution >= 0.6 is 11.6 Å². The molecular weight excluding hydrogens is 271 g/mol. The van der Waals surface area contributed by atoms with Crippen LogP contribution in [0.5, 0.6) is 0 Å². The highest BCUT2D eigenvalue weighted by Gasteiger charge is 2.08. The van der Waals surface area contributed by atoms with Crippen LogP contribution in [-0.2, 0) is 0 Å². The lowest BCUT2D eigenvalue weighted by atomic mass is 10.2. The number of pyridine rings is 1. The van der Waals surface area contributed by atoms with E-state index in [0.29, 0.717) is 11.4 Å². The van der Waals surface area contributed by atoms with Gasteiger partial charge in [-0.15, -0.1) is 0 Å². The van der Waals surface area contributed by atoms with Crippen LogP contribution in [0.3, 0.4) is 0 Å². The molecule has 2 rings (SSSR count). The predicted molar refractivity (Wildman–Crippen MR) is 71.4 cm³/mol. The van der Waals surface area contributed by atoms with Crippen molar-refractivity contribution >= 4 is 29.0 Å². The molecule has 0 saturated carbocycles. The number of nitrogens with zero attached hydrogens (tertiary/aromatic N) is 1. The Morgan fingerprint density at radius 2 is 2.11 bits per heavy atom. The van der Waals surface area contributed by atoms with Crippen molar-refractivity contribution in [1.82, 2.24) is 4.98 Å². The highest BCUT2D eigenvalue weighted by Crippen LogP contribution is 2.18. The number of nitrogens with one attached hydrogen (secondary N) is 2. The van der Waals surface area contributed by atoms with Crippen molar-refractivity contribution < 1.29 is 9.18 Å². The van der Waals surface area contributed by atoms with Crippen molar-refractivity contribution in [3.8, 4) is 0 Å². The summed E-state index contributed by atoms with van der Waals surface area (Å²) in [5.41, 5.74) is 2.94. The van der Waals surface area contributed by atoms with Crippen molar-refractivity contribution in [2.45, 2.75) is 0 Å². The van der Waals surface area contributed by atoms with Crippen LogP contribution in [-0.4, -0.2) is 10.9 Å². The second-order valence-corrected chi connectivity index (χ2v) is 4.13. The fraction of sp³-hybridized carbons (Fsp3) is 0. The zero-order chi connectivity index (χ0) is 13.8. The van der Waals surface area contributed by atoms with E-state index in [0.717, 1.165) is 6.07 Å². The van der Waals surface area contributed by atoms with Crippen molar-refractivity contribution in [3.63, 3.8) is 0 Å². The molecule has 5 nitrogen and oxygen atoms in total. The van der Waals surface area contributed by atoms with Crippen molar-refractivity contribution in [3.05, 3.63) is 52.9 Å². The number of carbonyl (C=O) groups is 1. The Labute approximate surface area is 113 Å². The van der Waals surface area contributed by atoms with E-state index in [1.807, 2.05) is 0 Å². The summed E-state index contributed by atoms with van der Waals surface area (Å²) in [6, 6.07) is 6.87. The molecule has 2 aromatic rings. The standard InChI is InChI=1S/C12H10ClFN4O/c13-8-3-9(14)5-10(4-8)17-12(19)7-1-2-11(18-15)16-6-7/h1-6H,15H2,(H,16,18)(H,17,19). The van der Waals surface area contributed by atoms with Gasteiger partial charge in [0.1, 0.15) is 11.6 Å². The highest BCUT2D eigenvalue weighted by molar-refractivity contribution is 6.31. The molecular formula is C12H10ClFN4O. The lowest BCUT2D eigenvalue weighted by molar-refractivity contribution is 0.102. The molecule has 0 atom stereocenters. The molecule has 1 amide bonds. The molecule has 0 bridgehead atoms. The number of halogens is 2. The van der Waals surface area contributed by atoms with E-state index in [-0.39, 0.29) is 10.7 Å². The Morgan fingerprint density at radius 3 is 2.68 bits per heavy atom. The number of anilines is 2. The number of amides is 1. The van der Waals surface area contributed by atoms with Gasteiger partial charge in [0.25, 0.3) is 5.91 Å². The third-order valence-corrected chi connectivity index (χ3v) is 2.51. The molecule has 0 aliphatic rings. The molecule has 0 fully saturated rings. The predicted octanol–water partition coefficient (Wildman–Crippen LogP) is 2.41. The number of rotatable bonds is 3. The Hall–Kier alpha value is -2.18. The zero-order valence-electron chi connectivity index (χ0n) is 9.65. The summed E-state index contributed by atoms with van der Waals surface area (Å²) in [5, 5.41) is 2.73. The minimum atomic E-state index is -0.524. The zero-order valence-corrected chi connectivity index (χ0v) is 10.4. The summed E-state index contributed by atoms with van der Waals surface area (Å²) < 4.78 is 13.1. The first kappa shape index (κ1) is 13.3. The maximum absolute atomic E-state index is 13.1. The molecule has 0 aliphatic carbocycles. The number of aromatic nitrogens is 1. The van der Waals surface area contributed by atoms with Crippen LogP contribution in [0.15, 0.2) is 36.5 Å². The quantitative estimate of drug-likeness (QED) is 0.596. The van der Waals surface area contributed by atoms with E-state index >= 15 is 0 Å². The lowest BCUT2D eigenvalue weighted by Crippen LogP contribution is -2.13. The number of nitrogen functional groups attached to an aromatic ring is 1. The largest absolute Gasteiger partial charge is 0.322 e. The van der Waals surface area contributed by atoms with Gasteiger partial charge in [0.05, 0.1) is 5.56 Å². The molecule has 7 heteroatoms. The minimum Gasteiger partial charge on any atom is -0.322 e. The van der Waals surface area contributed by atoms with Gasteiger partial charge in [0, 0.05) is 16.9 Å². The number of carbonyl (C=O) groups excluding carboxylic acids is 1. The van der Waals surface area contributed by atoms with Crippen LogP contribution in [0.2, 0.25) is 5.02 Å². The van der Waals surface area contributed by atoms with Gasteiger partial charge in [-0.25, -0.2) is 15.2 Å². The molecule has 1 aromatic carbocycles. The Bertz CT molecular complexity index is 583. The first-order chi connectivity index (χ1) is 9.08. The van der Waals surface area contributed by atoms with E-state index < -0.39 is 11.7 Å². The van der Waals surface area contributed by atoms with Gasteiger partial charge in [-0.3, -0.25) is 4.79 Å². The number of hydrogen-bond acceptors (Lipinski definition) is 4. The van der Waals surface area contributed by atoms with Crippen LogP contribution < -0.4 is 16.6 Å². The van der Waals surface area contributed by atoms with E-state index in [9.17, 15) is 9.18 Å². The Morgan fingerprint density at radius 1 is 1.32 bits per heavy atom. The molecule has 1 heterocycles. The van der Waals surface area contributed by atoms with E-state index in [2.05, 4.69) is 15.7 Å². The van der Waals surface area contributed by atoms with Gasteiger partial charge in [-0.1, -0.05) is 11.6 Å². The maximum atomic E-state index is 13.1. The molecule has 98 valence electrons. The third kappa shape index (κ3) is 3.40. The monoisotopic (exact) mass is 280 g/mol. The van der Waals surface area contributed by atoms with E-state index in [1.54, 1.807) is 12.1 Å². The van der Waals surface area contributed by atoms with Crippen LogP contribution in [0.1, 0.15) is 10.4 Å². The molecule has 1 aromatic heterocycles. The number of hydrazine groups is 1. The molecule has 4 N–H and O–H groups in total. The normalized spacial score (nSPS) is 10.1. The number of benzene rings is 1. The van der Waals surface area contributed by atoms with Crippen molar-refractivity contribution in [1.29, 1.82) is 0 Å². The number of hydrogen-bond donors (Lipinski definition) is 3. The van der Waals surface area contributed by atoms with Gasteiger partial charge in [0.15, 0.2) is 0 Å². The van der Waals surface area contributed by atoms with E-state index in [1.165, 1.54) is 18.3 Å². The summed E-state index contributed by atoms with van der Waals surface area (Å²) in [5.74, 6) is 4.66.